The molecule has 3 rings (SSSR count). The van der Waals surface area contributed by atoms with Crippen LogP contribution in [-0.2, 0) is 0 Å². The molecule has 2 aromatic carbocycles. The van der Waals surface area contributed by atoms with Crippen LogP contribution in [0.2, 0.25) is 0 Å². The number of hydrazine groups is 1. The van der Waals surface area contributed by atoms with E-state index in [-0.39, 0.29) is 18.1 Å². The number of aliphatic hydroxyl groups excluding tert-OH is 1. The number of anilines is 1. The van der Waals surface area contributed by atoms with Gasteiger partial charge >= 0.3 is 0 Å². The molecule has 0 bridgehead atoms. The molecule has 5 nitrogen and oxygen atoms in total. The van der Waals surface area contributed by atoms with Gasteiger partial charge in [0.05, 0.1) is 11.7 Å². The summed E-state index contributed by atoms with van der Waals surface area (Å²) >= 11 is 0. The Morgan fingerprint density at radius 2 is 1.71 bits per heavy atom. The van der Waals surface area contributed by atoms with Crippen molar-refractivity contribution in [2.75, 3.05) is 5.32 Å². The first-order valence-corrected chi connectivity index (χ1v) is 8.32. The predicted octanol–water partition coefficient (Wildman–Crippen LogP) is 2.67. The van der Waals surface area contributed by atoms with Crippen molar-refractivity contribution < 1.29 is 9.90 Å². The first-order valence-electron chi connectivity index (χ1n) is 8.32. The van der Waals surface area contributed by atoms with Crippen molar-refractivity contribution in [3.63, 3.8) is 0 Å². The lowest BCUT2D eigenvalue weighted by Gasteiger charge is -2.28. The molecule has 0 radical (unpaired) electrons. The molecule has 1 aliphatic rings. The lowest BCUT2D eigenvalue weighted by molar-refractivity contribution is 0.0954. The van der Waals surface area contributed by atoms with Crippen LogP contribution in [0.3, 0.4) is 0 Å². The highest BCUT2D eigenvalue weighted by atomic mass is 16.3. The number of nitrogens with one attached hydrogen (secondary N) is 2. The Morgan fingerprint density at radius 3 is 2.38 bits per heavy atom. The molecule has 0 unspecified atom stereocenters. The zero-order valence-electron chi connectivity index (χ0n) is 13.5. The Morgan fingerprint density at radius 1 is 1.00 bits per heavy atom. The van der Waals surface area contributed by atoms with Crippen molar-refractivity contribution in [1.82, 2.24) is 5.43 Å². The fourth-order valence-corrected chi connectivity index (χ4v) is 3.19. The standard InChI is InChI=1S/C19H23N3O2/c20-22-19(24)17-11-6-14(13-4-2-1-3-5-13)12-18(17)21-15-7-9-16(23)10-8-15/h1-6,11-12,15-16,21,23H,7-10,20H2,(H,22,24). The lowest BCUT2D eigenvalue weighted by Crippen LogP contribution is -2.32. The van der Waals surface area contributed by atoms with Gasteiger partial charge in [-0.25, -0.2) is 5.84 Å². The molecule has 126 valence electrons. The number of aliphatic hydroxyl groups is 1. The molecule has 5 N–H and O–H groups in total. The highest BCUT2D eigenvalue weighted by Crippen LogP contribution is 2.29. The van der Waals surface area contributed by atoms with E-state index >= 15 is 0 Å². The Hall–Kier alpha value is -2.37. The average molecular weight is 325 g/mol. The minimum absolute atomic E-state index is 0.203. The average Bonchev–Trinajstić information content (AvgIpc) is 2.63. The molecule has 0 aromatic heterocycles. The third-order valence-electron chi connectivity index (χ3n) is 4.56. The van der Waals surface area contributed by atoms with E-state index in [0.717, 1.165) is 42.5 Å². The van der Waals surface area contributed by atoms with Gasteiger partial charge in [0.15, 0.2) is 0 Å². The van der Waals surface area contributed by atoms with Gasteiger partial charge < -0.3 is 10.4 Å². The van der Waals surface area contributed by atoms with E-state index in [1.807, 2.05) is 42.5 Å². The monoisotopic (exact) mass is 325 g/mol. The molecule has 0 aliphatic heterocycles. The Balaban J connectivity index is 1.89. The molecule has 0 atom stereocenters. The Labute approximate surface area is 141 Å². The summed E-state index contributed by atoms with van der Waals surface area (Å²) in [6, 6.07) is 16.0. The molecule has 5 heteroatoms. The van der Waals surface area contributed by atoms with Crippen molar-refractivity contribution in [3.05, 3.63) is 54.1 Å². The maximum atomic E-state index is 12.1. The van der Waals surface area contributed by atoms with Gasteiger partial charge in [-0.3, -0.25) is 10.2 Å². The molecular formula is C19H23N3O2. The third kappa shape index (κ3) is 3.75. The summed E-state index contributed by atoms with van der Waals surface area (Å²) in [6.45, 7) is 0. The number of hydrogen-bond acceptors (Lipinski definition) is 4. The number of carbonyl (C=O) groups excluding carboxylic acids is 1. The van der Waals surface area contributed by atoms with Crippen LogP contribution < -0.4 is 16.6 Å². The van der Waals surface area contributed by atoms with Crippen LogP contribution in [-0.4, -0.2) is 23.2 Å². The quantitative estimate of drug-likeness (QED) is 0.395. The van der Waals surface area contributed by atoms with E-state index < -0.39 is 0 Å². The topological polar surface area (TPSA) is 87.4 Å². The molecule has 0 spiro atoms. The number of nitrogens with two attached hydrogens (primary N) is 1. The fraction of sp³-hybridized carbons (Fsp3) is 0.316. The minimum atomic E-state index is -0.312. The highest BCUT2D eigenvalue weighted by Gasteiger charge is 2.21. The van der Waals surface area contributed by atoms with Crippen LogP contribution >= 0.6 is 0 Å². The van der Waals surface area contributed by atoms with Crippen LogP contribution in [0.1, 0.15) is 36.0 Å². The summed E-state index contributed by atoms with van der Waals surface area (Å²) in [4.78, 5) is 12.1. The van der Waals surface area contributed by atoms with Crippen molar-refractivity contribution in [2.45, 2.75) is 37.8 Å². The summed E-state index contributed by atoms with van der Waals surface area (Å²) in [5.74, 6) is 5.00. The van der Waals surface area contributed by atoms with Crippen LogP contribution in [0.5, 0.6) is 0 Å². The first kappa shape index (κ1) is 16.5. The van der Waals surface area contributed by atoms with Crippen molar-refractivity contribution >= 4 is 11.6 Å². The molecule has 2 aromatic rings. The highest BCUT2D eigenvalue weighted by molar-refractivity contribution is 6.00. The second-order valence-electron chi connectivity index (χ2n) is 6.25. The van der Waals surface area contributed by atoms with Crippen LogP contribution in [0, 0.1) is 0 Å². The van der Waals surface area contributed by atoms with Crippen LogP contribution in [0.25, 0.3) is 11.1 Å². The SMILES string of the molecule is NNC(=O)c1ccc(-c2ccccc2)cc1NC1CCC(O)CC1. The second kappa shape index (κ2) is 7.47. The van der Waals surface area contributed by atoms with Gasteiger partial charge in [-0.2, -0.15) is 0 Å². The molecule has 24 heavy (non-hydrogen) atoms. The number of nitrogen functional groups attached to an aromatic ring is 1. The normalized spacial score (nSPS) is 20.4. The van der Waals surface area contributed by atoms with E-state index in [0.29, 0.717) is 5.56 Å². The Bertz CT molecular complexity index is 695. The lowest BCUT2D eigenvalue weighted by atomic mass is 9.92. The van der Waals surface area contributed by atoms with Crippen molar-refractivity contribution in [1.29, 1.82) is 0 Å². The largest absolute Gasteiger partial charge is 0.393 e. The number of amides is 1. The summed E-state index contributed by atoms with van der Waals surface area (Å²) < 4.78 is 0. The van der Waals surface area contributed by atoms with E-state index in [4.69, 9.17) is 5.84 Å². The van der Waals surface area contributed by atoms with Gasteiger partial charge in [-0.1, -0.05) is 36.4 Å². The smallest absolute Gasteiger partial charge is 0.267 e. The second-order valence-corrected chi connectivity index (χ2v) is 6.25. The van der Waals surface area contributed by atoms with E-state index in [1.165, 1.54) is 0 Å². The fourth-order valence-electron chi connectivity index (χ4n) is 3.19. The van der Waals surface area contributed by atoms with E-state index in [1.54, 1.807) is 6.07 Å². The van der Waals surface area contributed by atoms with Gasteiger partial charge in [0.25, 0.3) is 5.91 Å². The van der Waals surface area contributed by atoms with Gasteiger partial charge in [-0.05, 0) is 48.9 Å². The van der Waals surface area contributed by atoms with Crippen LogP contribution in [0.15, 0.2) is 48.5 Å². The van der Waals surface area contributed by atoms with Crippen molar-refractivity contribution in [2.24, 2.45) is 5.84 Å². The molecule has 1 aliphatic carbocycles. The minimum Gasteiger partial charge on any atom is -0.393 e. The van der Waals surface area contributed by atoms with Gasteiger partial charge in [0, 0.05) is 11.7 Å². The number of benzene rings is 2. The van der Waals surface area contributed by atoms with Gasteiger partial charge in [0.2, 0.25) is 0 Å². The van der Waals surface area contributed by atoms with Gasteiger partial charge in [-0.15, -0.1) is 0 Å². The molecule has 1 saturated carbocycles. The third-order valence-corrected chi connectivity index (χ3v) is 4.56. The molecule has 1 fully saturated rings. The number of hydrogen-bond donors (Lipinski definition) is 4. The predicted molar refractivity (Wildman–Crippen MR) is 95.4 cm³/mol. The Kier molecular flexibility index (Phi) is 5.13. The zero-order chi connectivity index (χ0) is 16.9. The molecule has 1 amide bonds. The first-order chi connectivity index (χ1) is 11.7. The van der Waals surface area contributed by atoms with E-state index in [2.05, 4.69) is 10.7 Å². The number of carbonyl (C=O) groups is 1. The summed E-state index contributed by atoms with van der Waals surface area (Å²) in [5.41, 5.74) is 5.66. The van der Waals surface area contributed by atoms with E-state index in [9.17, 15) is 9.90 Å². The van der Waals surface area contributed by atoms with Gasteiger partial charge in [0.1, 0.15) is 0 Å². The zero-order valence-corrected chi connectivity index (χ0v) is 13.5. The number of rotatable bonds is 4. The molecular weight excluding hydrogens is 302 g/mol. The molecule has 0 heterocycles. The maximum absolute atomic E-state index is 12.1. The summed E-state index contributed by atoms with van der Waals surface area (Å²) in [5, 5.41) is 13.1. The van der Waals surface area contributed by atoms with Crippen molar-refractivity contribution in [3.8, 4) is 11.1 Å². The maximum Gasteiger partial charge on any atom is 0.267 e. The summed E-state index contributed by atoms with van der Waals surface area (Å²) in [7, 11) is 0. The van der Waals surface area contributed by atoms with Crippen LogP contribution in [0.4, 0.5) is 5.69 Å². The molecule has 0 saturated heterocycles. The summed E-state index contributed by atoms with van der Waals surface area (Å²) in [6.07, 6.45) is 3.15.